The van der Waals surface area contributed by atoms with Crippen LogP contribution in [-0.2, 0) is 9.59 Å². The predicted molar refractivity (Wildman–Crippen MR) is 105 cm³/mol. The molecule has 2 atom stereocenters. The molecule has 0 aliphatic rings. The smallest absolute Gasteiger partial charge is 0.320 e. The van der Waals surface area contributed by atoms with Crippen molar-refractivity contribution in [3.8, 4) is 5.75 Å². The highest BCUT2D eigenvalue weighted by atomic mass is 35.5. The fourth-order valence-electron chi connectivity index (χ4n) is 2.70. The van der Waals surface area contributed by atoms with Gasteiger partial charge in [0.25, 0.3) is 0 Å². The van der Waals surface area contributed by atoms with E-state index in [0.717, 1.165) is 0 Å². The molecule has 2 aromatic carbocycles. The molecule has 0 aliphatic carbocycles. The van der Waals surface area contributed by atoms with Crippen LogP contribution in [0.15, 0.2) is 48.5 Å². The molecule has 27 heavy (non-hydrogen) atoms. The Hall–Kier alpha value is -2.57. The molecular formula is C20H23ClN2O4. The van der Waals surface area contributed by atoms with Crippen LogP contribution in [0.5, 0.6) is 5.75 Å². The number of benzene rings is 2. The highest BCUT2D eigenvalue weighted by molar-refractivity contribution is 6.32. The normalized spacial score (nSPS) is 12.9. The first kappa shape index (κ1) is 20.7. The third kappa shape index (κ3) is 5.70. The first-order valence-corrected chi connectivity index (χ1v) is 9.02. The Labute approximate surface area is 163 Å². The molecule has 0 bridgehead atoms. The van der Waals surface area contributed by atoms with E-state index in [1.165, 1.54) is 7.11 Å². The second-order valence-electron chi connectivity index (χ2n) is 6.03. The van der Waals surface area contributed by atoms with Crippen LogP contribution in [0.25, 0.3) is 0 Å². The molecule has 0 spiro atoms. The Morgan fingerprint density at radius 2 is 1.89 bits per heavy atom. The molecule has 0 saturated carbocycles. The fourth-order valence-corrected chi connectivity index (χ4v) is 2.95. The summed E-state index contributed by atoms with van der Waals surface area (Å²) in [6.45, 7) is 1.90. The number of amides is 1. The lowest BCUT2D eigenvalue weighted by molar-refractivity contribution is -0.140. The second kappa shape index (κ2) is 9.94. The van der Waals surface area contributed by atoms with E-state index in [0.29, 0.717) is 34.9 Å². The standard InChI is InChI=1S/C20H23ClN2O4/c1-3-7-16(20(25)26)23-18(13-8-5-4-6-9-13)19(24)22-14-10-11-17(27-2)15(21)12-14/h4-6,8-12,16,18,23H,3,7H2,1-2H3,(H,22,24)(H,25,26). The summed E-state index contributed by atoms with van der Waals surface area (Å²) in [5, 5.41) is 15.6. The molecule has 144 valence electrons. The number of methoxy groups -OCH3 is 1. The van der Waals surface area contributed by atoms with Gasteiger partial charge in [-0.15, -0.1) is 0 Å². The Balaban J connectivity index is 2.25. The first-order valence-electron chi connectivity index (χ1n) is 8.64. The summed E-state index contributed by atoms with van der Waals surface area (Å²) in [5.74, 6) is -0.857. The Kier molecular flexibility index (Phi) is 7.64. The van der Waals surface area contributed by atoms with Gasteiger partial charge in [-0.3, -0.25) is 14.9 Å². The summed E-state index contributed by atoms with van der Waals surface area (Å²) in [7, 11) is 1.51. The van der Waals surface area contributed by atoms with Crippen molar-refractivity contribution >= 4 is 29.2 Å². The van der Waals surface area contributed by atoms with E-state index in [1.54, 1.807) is 42.5 Å². The van der Waals surface area contributed by atoms with Crippen molar-refractivity contribution in [1.82, 2.24) is 5.32 Å². The summed E-state index contributed by atoms with van der Waals surface area (Å²) in [6.07, 6.45) is 1.10. The number of hydrogen-bond donors (Lipinski definition) is 3. The zero-order valence-electron chi connectivity index (χ0n) is 15.2. The maximum atomic E-state index is 12.9. The molecule has 3 N–H and O–H groups in total. The maximum absolute atomic E-state index is 12.9. The number of halogens is 1. The molecule has 2 rings (SSSR count). The van der Waals surface area contributed by atoms with Gasteiger partial charge in [-0.1, -0.05) is 55.3 Å². The summed E-state index contributed by atoms with van der Waals surface area (Å²) in [4.78, 5) is 24.4. The first-order chi connectivity index (χ1) is 13.0. The third-order valence-electron chi connectivity index (χ3n) is 4.06. The van der Waals surface area contributed by atoms with Crippen molar-refractivity contribution in [3.05, 3.63) is 59.1 Å². The molecule has 0 aliphatic heterocycles. The van der Waals surface area contributed by atoms with Gasteiger partial charge >= 0.3 is 5.97 Å². The summed E-state index contributed by atoms with van der Waals surface area (Å²) < 4.78 is 5.11. The molecule has 0 saturated heterocycles. The molecule has 2 aromatic rings. The van der Waals surface area contributed by atoms with E-state index >= 15 is 0 Å². The predicted octanol–water partition coefficient (Wildman–Crippen LogP) is 3.87. The van der Waals surface area contributed by atoms with Gasteiger partial charge in [-0.2, -0.15) is 0 Å². The average molecular weight is 391 g/mol. The van der Waals surface area contributed by atoms with Gasteiger partial charge in [0, 0.05) is 5.69 Å². The minimum atomic E-state index is -0.988. The molecule has 0 heterocycles. The van der Waals surface area contributed by atoms with Crippen LogP contribution < -0.4 is 15.4 Å². The van der Waals surface area contributed by atoms with E-state index in [4.69, 9.17) is 16.3 Å². The van der Waals surface area contributed by atoms with Crippen molar-refractivity contribution in [2.45, 2.75) is 31.8 Å². The monoisotopic (exact) mass is 390 g/mol. The van der Waals surface area contributed by atoms with Crippen LogP contribution >= 0.6 is 11.6 Å². The van der Waals surface area contributed by atoms with Crippen molar-refractivity contribution in [2.24, 2.45) is 0 Å². The third-order valence-corrected chi connectivity index (χ3v) is 4.35. The lowest BCUT2D eigenvalue weighted by Crippen LogP contribution is -2.43. The van der Waals surface area contributed by atoms with Crippen LogP contribution in [0.3, 0.4) is 0 Å². The summed E-state index contributed by atoms with van der Waals surface area (Å²) >= 11 is 6.11. The molecule has 1 amide bonds. The SMILES string of the molecule is CCCC(NC(C(=O)Nc1ccc(OC)c(Cl)c1)c1ccccc1)C(=O)O. The highest BCUT2D eigenvalue weighted by Crippen LogP contribution is 2.28. The van der Waals surface area contributed by atoms with E-state index in [-0.39, 0.29) is 5.91 Å². The number of hydrogen-bond acceptors (Lipinski definition) is 4. The van der Waals surface area contributed by atoms with E-state index in [2.05, 4.69) is 10.6 Å². The largest absolute Gasteiger partial charge is 0.495 e. The molecule has 0 fully saturated rings. The molecule has 2 unspecified atom stereocenters. The Morgan fingerprint density at radius 1 is 1.19 bits per heavy atom. The summed E-state index contributed by atoms with van der Waals surface area (Å²) in [6, 6.07) is 12.3. The van der Waals surface area contributed by atoms with E-state index in [9.17, 15) is 14.7 Å². The lowest BCUT2D eigenvalue weighted by atomic mass is 10.0. The number of carbonyl (C=O) groups is 2. The Morgan fingerprint density at radius 3 is 2.44 bits per heavy atom. The van der Waals surface area contributed by atoms with E-state index in [1.807, 2.05) is 13.0 Å². The number of carbonyl (C=O) groups excluding carboxylic acids is 1. The lowest BCUT2D eigenvalue weighted by Gasteiger charge is -2.23. The van der Waals surface area contributed by atoms with Gasteiger partial charge < -0.3 is 15.2 Å². The summed E-state index contributed by atoms with van der Waals surface area (Å²) in [5.41, 5.74) is 1.17. The Bertz CT molecular complexity index is 783. The minimum Gasteiger partial charge on any atom is -0.495 e. The number of rotatable bonds is 9. The topological polar surface area (TPSA) is 87.7 Å². The zero-order chi connectivity index (χ0) is 19.8. The number of carboxylic acid groups (broad SMARTS) is 1. The van der Waals surface area contributed by atoms with Gasteiger partial charge in [0.1, 0.15) is 17.8 Å². The van der Waals surface area contributed by atoms with Gasteiger partial charge in [0.05, 0.1) is 12.1 Å². The number of ether oxygens (including phenoxy) is 1. The fraction of sp³-hybridized carbons (Fsp3) is 0.300. The van der Waals surface area contributed by atoms with Crippen LogP contribution in [0.4, 0.5) is 5.69 Å². The molecule has 7 heteroatoms. The number of anilines is 1. The molecular weight excluding hydrogens is 368 g/mol. The van der Waals surface area contributed by atoms with Crippen LogP contribution in [0, 0.1) is 0 Å². The maximum Gasteiger partial charge on any atom is 0.320 e. The zero-order valence-corrected chi connectivity index (χ0v) is 16.0. The van der Waals surface area contributed by atoms with Crippen LogP contribution in [0.2, 0.25) is 5.02 Å². The molecule has 0 aromatic heterocycles. The molecule has 6 nitrogen and oxygen atoms in total. The van der Waals surface area contributed by atoms with Gasteiger partial charge in [0.15, 0.2) is 0 Å². The van der Waals surface area contributed by atoms with Gasteiger partial charge in [-0.05, 0) is 30.2 Å². The van der Waals surface area contributed by atoms with Crippen molar-refractivity contribution in [2.75, 3.05) is 12.4 Å². The number of aliphatic carboxylic acids is 1. The van der Waals surface area contributed by atoms with Crippen molar-refractivity contribution in [1.29, 1.82) is 0 Å². The molecule has 0 radical (unpaired) electrons. The number of nitrogens with one attached hydrogen (secondary N) is 2. The van der Waals surface area contributed by atoms with Crippen molar-refractivity contribution < 1.29 is 19.4 Å². The second-order valence-corrected chi connectivity index (χ2v) is 6.44. The van der Waals surface area contributed by atoms with Gasteiger partial charge in [0.2, 0.25) is 5.91 Å². The number of carboxylic acids is 1. The van der Waals surface area contributed by atoms with Crippen LogP contribution in [0.1, 0.15) is 31.4 Å². The quantitative estimate of drug-likeness (QED) is 0.605. The van der Waals surface area contributed by atoms with Crippen molar-refractivity contribution in [3.63, 3.8) is 0 Å². The highest BCUT2D eigenvalue weighted by Gasteiger charge is 2.27. The minimum absolute atomic E-state index is 0.369. The van der Waals surface area contributed by atoms with E-state index < -0.39 is 18.1 Å². The average Bonchev–Trinajstić information content (AvgIpc) is 2.65. The van der Waals surface area contributed by atoms with Crippen LogP contribution in [-0.4, -0.2) is 30.1 Å². The van der Waals surface area contributed by atoms with Gasteiger partial charge in [-0.25, -0.2) is 0 Å².